The third kappa shape index (κ3) is 2.64. The Balaban J connectivity index is 1.64. The van der Waals surface area contributed by atoms with E-state index >= 15 is 0 Å². The van der Waals surface area contributed by atoms with Crippen molar-refractivity contribution in [3.05, 3.63) is 47.4 Å². The maximum atomic E-state index is 12.8. The number of carbonyl (C=O) groups is 1. The molecular weight excluding hydrogens is 261 g/mol. The molecule has 0 aliphatic carbocycles. The highest BCUT2D eigenvalue weighted by Crippen LogP contribution is 2.18. The van der Waals surface area contributed by atoms with Crippen molar-refractivity contribution in [2.24, 2.45) is 0 Å². The molecule has 0 bridgehead atoms. The van der Waals surface area contributed by atoms with Crippen LogP contribution >= 0.6 is 0 Å². The number of rotatable bonds is 3. The average Bonchev–Trinajstić information content (AvgIpc) is 2.90. The number of amides is 1. The third-order valence-electron chi connectivity index (χ3n) is 3.11. The van der Waals surface area contributed by atoms with E-state index in [0.29, 0.717) is 24.7 Å². The van der Waals surface area contributed by atoms with Gasteiger partial charge >= 0.3 is 0 Å². The summed E-state index contributed by atoms with van der Waals surface area (Å²) in [6.07, 6.45) is 0.894. The van der Waals surface area contributed by atoms with Crippen LogP contribution in [0.15, 0.2) is 30.3 Å². The second-order valence-corrected chi connectivity index (χ2v) is 4.60. The Labute approximate surface area is 115 Å². The molecule has 2 aromatic rings. The lowest BCUT2D eigenvalue weighted by Gasteiger charge is -2.13. The first kappa shape index (κ1) is 12.7. The fourth-order valence-corrected chi connectivity index (χ4v) is 2.05. The summed E-state index contributed by atoms with van der Waals surface area (Å²) < 4.78 is 19.9. The fourth-order valence-electron chi connectivity index (χ4n) is 2.05. The lowest BCUT2D eigenvalue weighted by molar-refractivity contribution is 0.0945. The molecule has 1 aliphatic heterocycles. The Kier molecular flexibility index (Phi) is 3.37. The third-order valence-corrected chi connectivity index (χ3v) is 3.11. The highest BCUT2D eigenvalue weighted by Gasteiger charge is 2.17. The van der Waals surface area contributed by atoms with Gasteiger partial charge in [-0.05, 0) is 17.7 Å². The number of nitrogens with one attached hydrogen (secondary N) is 1. The number of carbonyl (C=O) groups excluding carboxylic acids is 1. The summed E-state index contributed by atoms with van der Waals surface area (Å²) in [5.74, 6) is 0.0713. The zero-order chi connectivity index (χ0) is 13.9. The fraction of sp³-hybridized carbons (Fsp3) is 0.286. The van der Waals surface area contributed by atoms with Gasteiger partial charge in [-0.15, -0.1) is 0 Å². The van der Waals surface area contributed by atoms with E-state index in [2.05, 4.69) is 10.4 Å². The van der Waals surface area contributed by atoms with E-state index in [-0.39, 0.29) is 11.7 Å². The number of hydrogen-bond acceptors (Lipinski definition) is 3. The molecule has 3 rings (SSSR count). The van der Waals surface area contributed by atoms with Crippen molar-refractivity contribution in [1.29, 1.82) is 0 Å². The topological polar surface area (TPSA) is 56.2 Å². The van der Waals surface area contributed by atoms with E-state index < -0.39 is 0 Å². The molecule has 5 nitrogen and oxygen atoms in total. The summed E-state index contributed by atoms with van der Waals surface area (Å²) in [7, 11) is 0. The number of ether oxygens (including phenoxy) is 1. The molecule has 0 unspecified atom stereocenters. The van der Waals surface area contributed by atoms with Gasteiger partial charge in [0, 0.05) is 25.6 Å². The summed E-state index contributed by atoms with van der Waals surface area (Å²) in [5, 5.41) is 6.95. The molecule has 20 heavy (non-hydrogen) atoms. The standard InChI is InChI=1S/C14H14FN3O2/c15-11-4-2-10(3-5-11)9-16-14(19)12-8-13-18(17-12)6-1-7-20-13/h2-5,8H,1,6-7,9H2,(H,16,19). The van der Waals surface area contributed by atoms with Gasteiger partial charge in [-0.3, -0.25) is 4.79 Å². The van der Waals surface area contributed by atoms with Gasteiger partial charge in [0.15, 0.2) is 5.69 Å². The Morgan fingerprint density at radius 1 is 1.40 bits per heavy atom. The Morgan fingerprint density at radius 2 is 2.20 bits per heavy atom. The van der Waals surface area contributed by atoms with Crippen LogP contribution in [-0.4, -0.2) is 22.3 Å². The van der Waals surface area contributed by atoms with Crippen molar-refractivity contribution in [3.63, 3.8) is 0 Å². The minimum Gasteiger partial charge on any atom is -0.478 e. The van der Waals surface area contributed by atoms with Gasteiger partial charge in [-0.2, -0.15) is 5.10 Å². The van der Waals surface area contributed by atoms with Crippen LogP contribution in [0.25, 0.3) is 0 Å². The number of halogens is 1. The molecule has 1 N–H and O–H groups in total. The van der Waals surface area contributed by atoms with Crippen molar-refractivity contribution in [2.75, 3.05) is 6.61 Å². The second-order valence-electron chi connectivity index (χ2n) is 4.60. The largest absolute Gasteiger partial charge is 0.478 e. The van der Waals surface area contributed by atoms with Gasteiger partial charge in [0.05, 0.1) is 6.61 Å². The van der Waals surface area contributed by atoms with Gasteiger partial charge in [0.2, 0.25) is 5.88 Å². The van der Waals surface area contributed by atoms with Crippen molar-refractivity contribution >= 4 is 5.91 Å². The predicted molar refractivity (Wildman–Crippen MR) is 69.9 cm³/mol. The van der Waals surface area contributed by atoms with Gasteiger partial charge < -0.3 is 10.1 Å². The normalized spacial score (nSPS) is 13.4. The summed E-state index contributed by atoms with van der Waals surface area (Å²) >= 11 is 0. The number of aryl methyl sites for hydroxylation is 1. The lowest BCUT2D eigenvalue weighted by atomic mass is 10.2. The SMILES string of the molecule is O=C(NCc1ccc(F)cc1)c1cc2n(n1)CCCO2. The molecule has 1 aromatic carbocycles. The van der Waals surface area contributed by atoms with Crippen LogP contribution in [0, 0.1) is 5.82 Å². The van der Waals surface area contributed by atoms with Crippen LogP contribution < -0.4 is 10.1 Å². The number of hydrogen-bond donors (Lipinski definition) is 1. The molecule has 0 atom stereocenters. The van der Waals surface area contributed by atoms with E-state index in [1.807, 2.05) is 0 Å². The second kappa shape index (κ2) is 5.32. The Morgan fingerprint density at radius 3 is 2.95 bits per heavy atom. The minimum absolute atomic E-state index is 0.264. The zero-order valence-corrected chi connectivity index (χ0v) is 10.8. The molecule has 1 amide bonds. The monoisotopic (exact) mass is 275 g/mol. The molecular formula is C14H14FN3O2. The number of aromatic nitrogens is 2. The molecule has 6 heteroatoms. The van der Waals surface area contributed by atoms with Crippen LogP contribution in [0.1, 0.15) is 22.5 Å². The van der Waals surface area contributed by atoms with Gasteiger partial charge in [-0.25, -0.2) is 9.07 Å². The molecule has 2 heterocycles. The maximum absolute atomic E-state index is 12.8. The molecule has 104 valence electrons. The quantitative estimate of drug-likeness (QED) is 0.928. The molecule has 1 aliphatic rings. The summed E-state index contributed by atoms with van der Waals surface area (Å²) in [4.78, 5) is 12.0. The van der Waals surface area contributed by atoms with E-state index in [9.17, 15) is 9.18 Å². The first-order chi connectivity index (χ1) is 9.72. The lowest BCUT2D eigenvalue weighted by Crippen LogP contribution is -2.23. The molecule has 0 radical (unpaired) electrons. The van der Waals surface area contributed by atoms with Gasteiger partial charge in [-0.1, -0.05) is 12.1 Å². The highest BCUT2D eigenvalue weighted by molar-refractivity contribution is 5.92. The summed E-state index contributed by atoms with van der Waals surface area (Å²) in [6, 6.07) is 7.64. The van der Waals surface area contributed by atoms with Crippen molar-refractivity contribution in [1.82, 2.24) is 15.1 Å². The van der Waals surface area contributed by atoms with E-state index in [0.717, 1.165) is 18.5 Å². The minimum atomic E-state index is -0.293. The van der Waals surface area contributed by atoms with E-state index in [1.165, 1.54) is 12.1 Å². The van der Waals surface area contributed by atoms with Gasteiger partial charge in [0.1, 0.15) is 5.82 Å². The molecule has 0 saturated carbocycles. The van der Waals surface area contributed by atoms with E-state index in [1.54, 1.807) is 22.9 Å². The van der Waals surface area contributed by atoms with Crippen LogP contribution in [0.2, 0.25) is 0 Å². The average molecular weight is 275 g/mol. The van der Waals surface area contributed by atoms with Gasteiger partial charge in [0.25, 0.3) is 5.91 Å². The van der Waals surface area contributed by atoms with Crippen LogP contribution in [0.3, 0.4) is 0 Å². The van der Waals surface area contributed by atoms with Crippen molar-refractivity contribution in [2.45, 2.75) is 19.5 Å². The first-order valence-electron chi connectivity index (χ1n) is 6.46. The Hall–Kier alpha value is -2.37. The van der Waals surface area contributed by atoms with Crippen molar-refractivity contribution < 1.29 is 13.9 Å². The summed E-state index contributed by atoms with van der Waals surface area (Å²) in [6.45, 7) is 1.76. The molecule has 0 saturated heterocycles. The molecule has 1 aromatic heterocycles. The zero-order valence-electron chi connectivity index (χ0n) is 10.8. The molecule has 0 spiro atoms. The number of benzene rings is 1. The van der Waals surface area contributed by atoms with Crippen LogP contribution in [0.4, 0.5) is 4.39 Å². The van der Waals surface area contributed by atoms with Crippen LogP contribution in [0.5, 0.6) is 5.88 Å². The maximum Gasteiger partial charge on any atom is 0.272 e. The Bertz CT molecular complexity index is 598. The summed E-state index contributed by atoms with van der Waals surface area (Å²) in [5.41, 5.74) is 1.17. The van der Waals surface area contributed by atoms with Crippen molar-refractivity contribution in [3.8, 4) is 5.88 Å². The van der Waals surface area contributed by atoms with Crippen LogP contribution in [-0.2, 0) is 13.1 Å². The first-order valence-corrected chi connectivity index (χ1v) is 6.46. The molecule has 0 fully saturated rings. The smallest absolute Gasteiger partial charge is 0.272 e. The predicted octanol–water partition coefficient (Wildman–Crippen LogP) is 1.73. The number of nitrogens with zero attached hydrogens (tertiary/aromatic N) is 2. The number of fused-ring (bicyclic) bond motifs is 1. The highest BCUT2D eigenvalue weighted by atomic mass is 19.1. The van der Waals surface area contributed by atoms with E-state index in [4.69, 9.17) is 4.74 Å².